The summed E-state index contributed by atoms with van der Waals surface area (Å²) in [4.78, 5) is 26.2. The molecule has 1 saturated heterocycles. The Labute approximate surface area is 164 Å². The first-order valence-electron chi connectivity index (χ1n) is 9.24. The number of rotatable bonds is 5. The molecule has 29 heavy (non-hydrogen) atoms. The molecule has 9 heteroatoms. The molecular formula is C20H19F3N2O4. The van der Waals surface area contributed by atoms with Gasteiger partial charge in [0.15, 0.2) is 0 Å². The van der Waals surface area contributed by atoms with E-state index in [1.54, 1.807) is 4.57 Å². The van der Waals surface area contributed by atoms with Gasteiger partial charge in [0, 0.05) is 23.4 Å². The van der Waals surface area contributed by atoms with Crippen LogP contribution in [0.5, 0.6) is 11.5 Å². The number of halogens is 3. The van der Waals surface area contributed by atoms with Crippen LogP contribution in [0.4, 0.5) is 13.2 Å². The summed E-state index contributed by atoms with van der Waals surface area (Å²) < 4.78 is 48.0. The monoisotopic (exact) mass is 408 g/mol. The van der Waals surface area contributed by atoms with E-state index in [9.17, 15) is 22.8 Å². The second kappa shape index (κ2) is 7.13. The van der Waals surface area contributed by atoms with E-state index < -0.39 is 6.36 Å². The molecule has 1 aliphatic carbocycles. The van der Waals surface area contributed by atoms with Crippen LogP contribution >= 0.6 is 0 Å². The largest absolute Gasteiger partial charge is 0.573 e. The highest BCUT2D eigenvalue weighted by molar-refractivity contribution is 5.94. The van der Waals surface area contributed by atoms with Gasteiger partial charge in [-0.05, 0) is 50.1 Å². The van der Waals surface area contributed by atoms with E-state index in [0.717, 1.165) is 30.7 Å². The number of amides is 1. The quantitative estimate of drug-likeness (QED) is 0.762. The molecule has 1 aromatic carbocycles. The van der Waals surface area contributed by atoms with E-state index in [1.165, 1.54) is 23.1 Å². The van der Waals surface area contributed by atoms with Crippen molar-refractivity contribution in [3.05, 3.63) is 58.0 Å². The third kappa shape index (κ3) is 4.38. The highest BCUT2D eigenvalue weighted by Gasteiger charge is 2.34. The summed E-state index contributed by atoms with van der Waals surface area (Å²) in [5, 5.41) is 0. The first-order valence-corrected chi connectivity index (χ1v) is 9.24. The summed E-state index contributed by atoms with van der Waals surface area (Å²) in [5.41, 5.74) is 1.03. The van der Waals surface area contributed by atoms with E-state index in [-0.39, 0.29) is 28.9 Å². The Hall–Kier alpha value is -2.97. The molecule has 1 saturated carbocycles. The van der Waals surface area contributed by atoms with Crippen LogP contribution < -0.4 is 15.0 Å². The summed E-state index contributed by atoms with van der Waals surface area (Å²) in [5.74, 6) is -0.200. The Morgan fingerprint density at radius 2 is 1.72 bits per heavy atom. The number of hydrogen-bond donors (Lipinski definition) is 0. The molecule has 2 heterocycles. The standard InChI is InChI=1S/C20H19F3N2O4/c1-12-8-16(9-18(26)25(12)14-4-5-14)28-17-10-24(11-17)19(27)13-2-6-15(7-3-13)29-20(21,22)23/h2-3,6-9,14,17H,4-5,10-11H2,1H3. The molecule has 0 unspecified atom stereocenters. The van der Waals surface area contributed by atoms with Crippen molar-refractivity contribution in [1.82, 2.24) is 9.47 Å². The molecule has 1 amide bonds. The number of hydrogen-bond acceptors (Lipinski definition) is 4. The van der Waals surface area contributed by atoms with Crippen molar-refractivity contribution in [3.8, 4) is 11.5 Å². The summed E-state index contributed by atoms with van der Waals surface area (Å²) in [7, 11) is 0. The lowest BCUT2D eigenvalue weighted by Gasteiger charge is -2.39. The lowest BCUT2D eigenvalue weighted by atomic mass is 10.1. The van der Waals surface area contributed by atoms with Gasteiger partial charge in [-0.1, -0.05) is 0 Å². The normalized spacial score (nSPS) is 17.0. The number of pyridine rings is 1. The number of likely N-dealkylation sites (tertiary alicyclic amines) is 1. The topological polar surface area (TPSA) is 60.8 Å². The number of aryl methyl sites for hydroxylation is 1. The third-order valence-corrected chi connectivity index (χ3v) is 4.92. The first-order chi connectivity index (χ1) is 13.7. The van der Waals surface area contributed by atoms with Crippen LogP contribution in [-0.2, 0) is 0 Å². The molecule has 154 valence electrons. The average molecular weight is 408 g/mol. The van der Waals surface area contributed by atoms with Gasteiger partial charge in [-0.3, -0.25) is 9.59 Å². The van der Waals surface area contributed by atoms with Gasteiger partial charge in [0.1, 0.15) is 17.6 Å². The Morgan fingerprint density at radius 1 is 1.07 bits per heavy atom. The molecule has 0 radical (unpaired) electrons. The maximum Gasteiger partial charge on any atom is 0.573 e. The van der Waals surface area contributed by atoms with Gasteiger partial charge in [-0.15, -0.1) is 13.2 Å². The van der Waals surface area contributed by atoms with Crippen LogP contribution in [0.25, 0.3) is 0 Å². The van der Waals surface area contributed by atoms with Gasteiger partial charge in [0.05, 0.1) is 13.1 Å². The Kier molecular flexibility index (Phi) is 4.76. The van der Waals surface area contributed by atoms with Crippen LogP contribution in [0.3, 0.4) is 0 Å². The van der Waals surface area contributed by atoms with Crippen molar-refractivity contribution in [1.29, 1.82) is 0 Å². The minimum Gasteiger partial charge on any atom is -0.486 e. The number of aromatic nitrogens is 1. The number of alkyl halides is 3. The number of carbonyl (C=O) groups is 1. The maximum atomic E-state index is 12.4. The Bertz CT molecular complexity index is 975. The third-order valence-electron chi connectivity index (χ3n) is 4.92. The molecule has 0 N–H and O–H groups in total. The zero-order valence-electron chi connectivity index (χ0n) is 15.6. The van der Waals surface area contributed by atoms with Gasteiger partial charge < -0.3 is 18.9 Å². The van der Waals surface area contributed by atoms with E-state index in [1.807, 2.05) is 13.0 Å². The van der Waals surface area contributed by atoms with Crippen molar-refractivity contribution >= 4 is 5.91 Å². The van der Waals surface area contributed by atoms with Crippen LogP contribution in [0.1, 0.15) is 34.9 Å². The van der Waals surface area contributed by atoms with Crippen LogP contribution in [0.15, 0.2) is 41.2 Å². The minimum absolute atomic E-state index is 0.0871. The molecule has 6 nitrogen and oxygen atoms in total. The fourth-order valence-corrected chi connectivity index (χ4v) is 3.40. The van der Waals surface area contributed by atoms with Crippen LogP contribution in [0, 0.1) is 6.92 Å². The lowest BCUT2D eigenvalue weighted by molar-refractivity contribution is -0.274. The predicted octanol–water partition coefficient (Wildman–Crippen LogP) is 3.29. The van der Waals surface area contributed by atoms with E-state index in [4.69, 9.17) is 4.74 Å². The first kappa shape index (κ1) is 19.4. The SMILES string of the molecule is Cc1cc(OC2CN(C(=O)c3ccc(OC(F)(F)F)cc3)C2)cc(=O)n1C1CC1. The molecule has 0 bridgehead atoms. The highest BCUT2D eigenvalue weighted by atomic mass is 19.4. The van der Waals surface area contributed by atoms with Crippen molar-refractivity contribution < 1.29 is 27.4 Å². The summed E-state index contributed by atoms with van der Waals surface area (Å²) >= 11 is 0. The molecule has 0 atom stereocenters. The summed E-state index contributed by atoms with van der Waals surface area (Å²) in [6, 6.07) is 8.37. The predicted molar refractivity (Wildman–Crippen MR) is 97.2 cm³/mol. The van der Waals surface area contributed by atoms with Gasteiger partial charge in [0.2, 0.25) is 0 Å². The molecule has 2 aliphatic rings. The number of carbonyl (C=O) groups excluding carboxylic acids is 1. The minimum atomic E-state index is -4.77. The molecule has 2 aromatic rings. The second-order valence-electron chi connectivity index (χ2n) is 7.29. The van der Waals surface area contributed by atoms with Crippen molar-refractivity contribution in [2.45, 2.75) is 38.3 Å². The van der Waals surface area contributed by atoms with Gasteiger partial charge in [-0.25, -0.2) is 0 Å². The number of ether oxygens (including phenoxy) is 2. The number of nitrogens with zero attached hydrogens (tertiary/aromatic N) is 2. The highest BCUT2D eigenvalue weighted by Crippen LogP contribution is 2.35. The lowest BCUT2D eigenvalue weighted by Crippen LogP contribution is -2.56. The summed E-state index contributed by atoms with van der Waals surface area (Å²) in [6.07, 6.45) is -2.97. The smallest absolute Gasteiger partial charge is 0.486 e. The molecule has 2 fully saturated rings. The second-order valence-corrected chi connectivity index (χ2v) is 7.29. The van der Waals surface area contributed by atoms with E-state index in [0.29, 0.717) is 24.9 Å². The van der Waals surface area contributed by atoms with Gasteiger partial charge >= 0.3 is 6.36 Å². The molecule has 0 spiro atoms. The van der Waals surface area contributed by atoms with Crippen molar-refractivity contribution in [2.75, 3.05) is 13.1 Å². The maximum absolute atomic E-state index is 12.4. The zero-order valence-corrected chi connectivity index (χ0v) is 15.6. The average Bonchev–Trinajstić information content (AvgIpc) is 3.41. The van der Waals surface area contributed by atoms with Gasteiger partial charge in [0.25, 0.3) is 11.5 Å². The molecular weight excluding hydrogens is 389 g/mol. The van der Waals surface area contributed by atoms with Crippen molar-refractivity contribution in [2.24, 2.45) is 0 Å². The van der Waals surface area contributed by atoms with Crippen LogP contribution in [0.2, 0.25) is 0 Å². The molecule has 4 rings (SSSR count). The van der Waals surface area contributed by atoms with Gasteiger partial charge in [-0.2, -0.15) is 0 Å². The zero-order chi connectivity index (χ0) is 20.8. The fourth-order valence-electron chi connectivity index (χ4n) is 3.40. The van der Waals surface area contributed by atoms with E-state index in [2.05, 4.69) is 4.74 Å². The summed E-state index contributed by atoms with van der Waals surface area (Å²) in [6.45, 7) is 2.55. The Morgan fingerprint density at radius 3 is 2.28 bits per heavy atom. The molecule has 1 aromatic heterocycles. The molecule has 1 aliphatic heterocycles. The fraction of sp³-hybridized carbons (Fsp3) is 0.400. The van der Waals surface area contributed by atoms with Crippen LogP contribution in [-0.4, -0.2) is 40.9 Å². The Balaban J connectivity index is 1.33. The number of benzene rings is 1. The van der Waals surface area contributed by atoms with E-state index >= 15 is 0 Å². The van der Waals surface area contributed by atoms with Crippen molar-refractivity contribution in [3.63, 3.8) is 0 Å².